The van der Waals surface area contributed by atoms with E-state index in [0.717, 1.165) is 43.0 Å². The Morgan fingerprint density at radius 3 is 3.06 bits per heavy atom. The van der Waals surface area contributed by atoms with E-state index in [2.05, 4.69) is 24.0 Å². The Balaban J connectivity index is 1.87. The first-order valence-corrected chi connectivity index (χ1v) is 6.19. The van der Waals surface area contributed by atoms with Crippen molar-refractivity contribution in [3.63, 3.8) is 0 Å². The number of likely N-dealkylation sites (N-methyl/N-ethyl adjacent to an activating group) is 1. The monoisotopic (exact) mass is 231 g/mol. The van der Waals surface area contributed by atoms with Gasteiger partial charge in [0.05, 0.1) is 6.61 Å². The predicted molar refractivity (Wildman–Crippen MR) is 67.0 cm³/mol. The van der Waals surface area contributed by atoms with Crippen LogP contribution in [-0.4, -0.2) is 31.1 Å². The van der Waals surface area contributed by atoms with Gasteiger partial charge in [-0.3, -0.25) is 4.90 Å². The second kappa shape index (κ2) is 4.51. The Bertz CT molecular complexity index is 473. The molecule has 0 radical (unpaired) electrons. The Morgan fingerprint density at radius 1 is 1.35 bits per heavy atom. The molecule has 2 heterocycles. The van der Waals surface area contributed by atoms with Gasteiger partial charge < -0.3 is 9.15 Å². The molecule has 1 saturated heterocycles. The van der Waals surface area contributed by atoms with Crippen LogP contribution in [0.4, 0.5) is 0 Å². The molecule has 2 aromatic rings. The van der Waals surface area contributed by atoms with Crippen molar-refractivity contribution in [2.24, 2.45) is 0 Å². The van der Waals surface area contributed by atoms with Gasteiger partial charge in [0.15, 0.2) is 0 Å². The van der Waals surface area contributed by atoms with Crippen LogP contribution in [0.1, 0.15) is 18.8 Å². The van der Waals surface area contributed by atoms with Crippen LogP contribution < -0.4 is 0 Å². The second-order valence-electron chi connectivity index (χ2n) is 4.44. The SMILES string of the molecule is CCN1CCOC(c2cc3ccccc3o2)C1. The highest BCUT2D eigenvalue weighted by molar-refractivity contribution is 5.77. The van der Waals surface area contributed by atoms with E-state index >= 15 is 0 Å². The third kappa shape index (κ3) is 2.08. The summed E-state index contributed by atoms with van der Waals surface area (Å²) >= 11 is 0. The zero-order valence-corrected chi connectivity index (χ0v) is 10.1. The van der Waals surface area contributed by atoms with Crippen molar-refractivity contribution in [3.05, 3.63) is 36.1 Å². The van der Waals surface area contributed by atoms with Crippen molar-refractivity contribution in [3.8, 4) is 0 Å². The van der Waals surface area contributed by atoms with Gasteiger partial charge in [-0.1, -0.05) is 25.1 Å². The summed E-state index contributed by atoms with van der Waals surface area (Å²) in [4.78, 5) is 2.39. The largest absolute Gasteiger partial charge is 0.458 e. The molecule has 3 rings (SSSR count). The molecule has 3 nitrogen and oxygen atoms in total. The number of hydrogen-bond acceptors (Lipinski definition) is 3. The number of para-hydroxylation sites is 1. The number of morpholine rings is 1. The molecule has 1 aliphatic rings. The first kappa shape index (κ1) is 10.8. The minimum absolute atomic E-state index is 0.0797. The molecule has 1 aromatic heterocycles. The van der Waals surface area contributed by atoms with Crippen LogP contribution >= 0.6 is 0 Å². The van der Waals surface area contributed by atoms with Gasteiger partial charge in [0.2, 0.25) is 0 Å². The first-order valence-electron chi connectivity index (χ1n) is 6.19. The Hall–Kier alpha value is -1.32. The molecule has 0 amide bonds. The molecular formula is C14H17NO2. The van der Waals surface area contributed by atoms with E-state index in [-0.39, 0.29) is 6.10 Å². The summed E-state index contributed by atoms with van der Waals surface area (Å²) in [5, 5.41) is 1.15. The minimum Gasteiger partial charge on any atom is -0.458 e. The molecule has 90 valence electrons. The molecule has 0 spiro atoms. The lowest BCUT2D eigenvalue weighted by atomic mass is 10.2. The molecule has 1 unspecified atom stereocenters. The van der Waals surface area contributed by atoms with Crippen LogP contribution in [0, 0.1) is 0 Å². The summed E-state index contributed by atoms with van der Waals surface area (Å²) in [6.45, 7) is 5.99. The number of rotatable bonds is 2. The van der Waals surface area contributed by atoms with E-state index in [0.29, 0.717) is 0 Å². The van der Waals surface area contributed by atoms with Crippen LogP contribution in [0.25, 0.3) is 11.0 Å². The van der Waals surface area contributed by atoms with Crippen LogP contribution in [0.5, 0.6) is 0 Å². The molecule has 0 bridgehead atoms. The van der Waals surface area contributed by atoms with Gasteiger partial charge in [0.1, 0.15) is 17.4 Å². The summed E-state index contributed by atoms with van der Waals surface area (Å²) < 4.78 is 11.6. The van der Waals surface area contributed by atoms with Crippen molar-refractivity contribution in [1.29, 1.82) is 0 Å². The fourth-order valence-corrected chi connectivity index (χ4v) is 2.32. The van der Waals surface area contributed by atoms with Crippen LogP contribution in [-0.2, 0) is 4.74 Å². The molecule has 17 heavy (non-hydrogen) atoms. The molecule has 0 aliphatic carbocycles. The number of hydrogen-bond donors (Lipinski definition) is 0. The standard InChI is InChI=1S/C14H17NO2/c1-2-15-7-8-16-14(10-15)13-9-11-5-3-4-6-12(11)17-13/h3-6,9,14H,2,7-8,10H2,1H3. The smallest absolute Gasteiger partial charge is 0.135 e. The predicted octanol–water partition coefficient (Wildman–Crippen LogP) is 2.83. The first-order chi connectivity index (χ1) is 8.36. The number of benzene rings is 1. The van der Waals surface area contributed by atoms with Gasteiger partial charge in [0, 0.05) is 18.5 Å². The summed E-state index contributed by atoms with van der Waals surface area (Å²) in [5.74, 6) is 0.948. The fraction of sp³-hybridized carbons (Fsp3) is 0.429. The van der Waals surface area contributed by atoms with Crippen LogP contribution in [0.3, 0.4) is 0 Å². The summed E-state index contributed by atoms with van der Waals surface area (Å²) in [6, 6.07) is 10.2. The van der Waals surface area contributed by atoms with Gasteiger partial charge in [-0.2, -0.15) is 0 Å². The third-order valence-electron chi connectivity index (χ3n) is 3.36. The zero-order valence-electron chi connectivity index (χ0n) is 10.1. The third-order valence-corrected chi connectivity index (χ3v) is 3.36. The molecule has 1 fully saturated rings. The molecule has 1 atom stereocenters. The average molecular weight is 231 g/mol. The Kier molecular flexibility index (Phi) is 2.87. The summed E-state index contributed by atoms with van der Waals surface area (Å²) in [5.41, 5.74) is 0.944. The van der Waals surface area contributed by atoms with E-state index in [9.17, 15) is 0 Å². The molecule has 1 aliphatic heterocycles. The fourth-order valence-electron chi connectivity index (χ4n) is 2.32. The minimum atomic E-state index is 0.0797. The normalized spacial score (nSPS) is 22.1. The van der Waals surface area contributed by atoms with E-state index in [1.54, 1.807) is 0 Å². The Labute approximate surface area is 101 Å². The lowest BCUT2D eigenvalue weighted by molar-refractivity contribution is -0.0376. The van der Waals surface area contributed by atoms with Crippen molar-refractivity contribution >= 4 is 11.0 Å². The lowest BCUT2D eigenvalue weighted by Crippen LogP contribution is -2.37. The van der Waals surface area contributed by atoms with E-state index < -0.39 is 0 Å². The van der Waals surface area contributed by atoms with E-state index in [1.807, 2.05) is 18.2 Å². The van der Waals surface area contributed by atoms with Crippen molar-refractivity contribution in [2.75, 3.05) is 26.2 Å². The summed E-state index contributed by atoms with van der Waals surface area (Å²) in [6.07, 6.45) is 0.0797. The van der Waals surface area contributed by atoms with E-state index in [1.165, 1.54) is 0 Å². The number of furan rings is 1. The lowest BCUT2D eigenvalue weighted by Gasteiger charge is -2.30. The molecule has 0 saturated carbocycles. The second-order valence-corrected chi connectivity index (χ2v) is 4.44. The zero-order chi connectivity index (χ0) is 11.7. The van der Waals surface area contributed by atoms with Crippen molar-refractivity contribution < 1.29 is 9.15 Å². The molecule has 0 N–H and O–H groups in total. The Morgan fingerprint density at radius 2 is 2.24 bits per heavy atom. The number of nitrogens with zero attached hydrogens (tertiary/aromatic N) is 1. The highest BCUT2D eigenvalue weighted by Gasteiger charge is 2.23. The van der Waals surface area contributed by atoms with Crippen molar-refractivity contribution in [2.45, 2.75) is 13.0 Å². The number of ether oxygens (including phenoxy) is 1. The van der Waals surface area contributed by atoms with E-state index in [4.69, 9.17) is 9.15 Å². The maximum atomic E-state index is 5.85. The van der Waals surface area contributed by atoms with Gasteiger partial charge in [-0.25, -0.2) is 0 Å². The maximum absolute atomic E-state index is 5.85. The van der Waals surface area contributed by atoms with Gasteiger partial charge in [0.25, 0.3) is 0 Å². The summed E-state index contributed by atoms with van der Waals surface area (Å²) in [7, 11) is 0. The van der Waals surface area contributed by atoms with Gasteiger partial charge >= 0.3 is 0 Å². The van der Waals surface area contributed by atoms with Crippen LogP contribution in [0.15, 0.2) is 34.7 Å². The topological polar surface area (TPSA) is 25.6 Å². The molecule has 1 aromatic carbocycles. The highest BCUT2D eigenvalue weighted by Crippen LogP contribution is 2.28. The number of fused-ring (bicyclic) bond motifs is 1. The van der Waals surface area contributed by atoms with Crippen LogP contribution in [0.2, 0.25) is 0 Å². The molecular weight excluding hydrogens is 214 g/mol. The quantitative estimate of drug-likeness (QED) is 0.794. The van der Waals surface area contributed by atoms with Gasteiger partial charge in [-0.05, 0) is 18.7 Å². The highest BCUT2D eigenvalue weighted by atomic mass is 16.5. The van der Waals surface area contributed by atoms with Crippen molar-refractivity contribution in [1.82, 2.24) is 4.90 Å². The molecule has 3 heteroatoms. The average Bonchev–Trinajstić information content (AvgIpc) is 2.82. The maximum Gasteiger partial charge on any atom is 0.135 e. The van der Waals surface area contributed by atoms with Gasteiger partial charge in [-0.15, -0.1) is 0 Å².